The van der Waals surface area contributed by atoms with Crippen LogP contribution >= 0.6 is 11.3 Å². The van der Waals surface area contributed by atoms with Gasteiger partial charge in [0.15, 0.2) is 0 Å². The lowest BCUT2D eigenvalue weighted by Gasteiger charge is -2.14. The second kappa shape index (κ2) is 10.0. The summed E-state index contributed by atoms with van der Waals surface area (Å²) in [7, 11) is 1.61. The van der Waals surface area contributed by atoms with Crippen molar-refractivity contribution in [1.29, 1.82) is 0 Å². The lowest BCUT2D eigenvalue weighted by atomic mass is 9.95. The van der Waals surface area contributed by atoms with Gasteiger partial charge in [0.25, 0.3) is 5.91 Å². The summed E-state index contributed by atoms with van der Waals surface area (Å²) in [5.41, 5.74) is 4.67. The second-order valence-electron chi connectivity index (χ2n) is 8.12. The Morgan fingerprint density at radius 2 is 1.84 bits per heavy atom. The van der Waals surface area contributed by atoms with Crippen LogP contribution in [0.15, 0.2) is 48.5 Å². The average molecular weight is 449 g/mol. The average Bonchev–Trinajstić information content (AvgIpc) is 3.16. The first kappa shape index (κ1) is 22.1. The van der Waals surface area contributed by atoms with E-state index in [0.29, 0.717) is 22.9 Å². The first-order valence-corrected chi connectivity index (χ1v) is 11.8. The molecule has 0 radical (unpaired) electrons. The van der Waals surface area contributed by atoms with Crippen molar-refractivity contribution < 1.29 is 14.3 Å². The van der Waals surface area contributed by atoms with E-state index >= 15 is 0 Å². The van der Waals surface area contributed by atoms with Crippen molar-refractivity contribution in [2.75, 3.05) is 12.4 Å². The number of nitrogens with one attached hydrogen (secondary N) is 2. The SMILES string of the molecule is COc1ccc(C)cc1CC(=O)Nc1sc2c(c1C(=O)NCc1ccccc1)CCCC2. The topological polar surface area (TPSA) is 67.4 Å². The number of rotatable bonds is 7. The molecule has 2 aromatic carbocycles. The minimum absolute atomic E-state index is 0.128. The summed E-state index contributed by atoms with van der Waals surface area (Å²) >= 11 is 1.54. The van der Waals surface area contributed by atoms with Gasteiger partial charge in [-0.3, -0.25) is 9.59 Å². The number of methoxy groups -OCH3 is 1. The number of carbonyl (C=O) groups excluding carboxylic acids is 2. The van der Waals surface area contributed by atoms with Crippen LogP contribution in [0.2, 0.25) is 0 Å². The van der Waals surface area contributed by atoms with Gasteiger partial charge < -0.3 is 15.4 Å². The molecule has 1 heterocycles. The van der Waals surface area contributed by atoms with Gasteiger partial charge in [-0.1, -0.05) is 48.0 Å². The lowest BCUT2D eigenvalue weighted by Crippen LogP contribution is -2.25. The molecule has 3 aromatic rings. The molecule has 2 amide bonds. The van der Waals surface area contributed by atoms with Crippen molar-refractivity contribution in [3.05, 3.63) is 81.2 Å². The minimum atomic E-state index is -0.149. The van der Waals surface area contributed by atoms with Crippen LogP contribution < -0.4 is 15.4 Å². The van der Waals surface area contributed by atoms with Gasteiger partial charge in [-0.25, -0.2) is 0 Å². The highest BCUT2D eigenvalue weighted by molar-refractivity contribution is 7.17. The summed E-state index contributed by atoms with van der Waals surface area (Å²) in [5.74, 6) is 0.415. The van der Waals surface area contributed by atoms with Gasteiger partial charge in [-0.2, -0.15) is 0 Å². The van der Waals surface area contributed by atoms with Crippen LogP contribution in [0.4, 0.5) is 5.00 Å². The van der Waals surface area contributed by atoms with E-state index in [4.69, 9.17) is 4.74 Å². The van der Waals surface area contributed by atoms with E-state index in [1.807, 2.05) is 55.5 Å². The van der Waals surface area contributed by atoms with Crippen LogP contribution in [0.1, 0.15) is 50.3 Å². The number of anilines is 1. The number of ether oxygens (including phenoxy) is 1. The standard InChI is InChI=1S/C26H28N2O3S/c1-17-12-13-21(31-2)19(14-17)15-23(29)28-26-24(20-10-6-7-11-22(20)32-26)25(30)27-16-18-8-4-3-5-9-18/h3-5,8-9,12-14H,6-7,10-11,15-16H2,1-2H3,(H,27,30)(H,28,29). The summed E-state index contributed by atoms with van der Waals surface area (Å²) in [5, 5.41) is 6.72. The number of hydrogen-bond acceptors (Lipinski definition) is 4. The minimum Gasteiger partial charge on any atom is -0.496 e. The van der Waals surface area contributed by atoms with Crippen molar-refractivity contribution in [2.45, 2.75) is 45.6 Å². The number of amides is 2. The van der Waals surface area contributed by atoms with Crippen LogP contribution in [0.25, 0.3) is 0 Å². The third-order valence-corrected chi connectivity index (χ3v) is 6.94. The molecule has 166 valence electrons. The summed E-state index contributed by atoms with van der Waals surface area (Å²) < 4.78 is 5.41. The van der Waals surface area contributed by atoms with Crippen molar-refractivity contribution in [2.24, 2.45) is 0 Å². The molecule has 0 fully saturated rings. The van der Waals surface area contributed by atoms with Gasteiger partial charge in [0.1, 0.15) is 10.8 Å². The van der Waals surface area contributed by atoms with E-state index in [1.54, 1.807) is 7.11 Å². The first-order valence-electron chi connectivity index (χ1n) is 10.9. The van der Waals surface area contributed by atoms with Crippen LogP contribution in [0.5, 0.6) is 5.75 Å². The highest BCUT2D eigenvalue weighted by Crippen LogP contribution is 2.38. The van der Waals surface area contributed by atoms with E-state index in [2.05, 4.69) is 10.6 Å². The van der Waals surface area contributed by atoms with E-state index in [1.165, 1.54) is 16.2 Å². The third kappa shape index (κ3) is 5.02. The van der Waals surface area contributed by atoms with Crippen molar-refractivity contribution in [3.63, 3.8) is 0 Å². The molecule has 0 saturated carbocycles. The highest BCUT2D eigenvalue weighted by atomic mass is 32.1. The van der Waals surface area contributed by atoms with E-state index < -0.39 is 0 Å². The molecule has 0 saturated heterocycles. The van der Waals surface area contributed by atoms with Gasteiger partial charge in [0, 0.05) is 17.0 Å². The Labute approximate surface area is 192 Å². The zero-order valence-corrected chi connectivity index (χ0v) is 19.3. The Bertz CT molecular complexity index is 1120. The predicted molar refractivity (Wildman–Crippen MR) is 129 cm³/mol. The Kier molecular flexibility index (Phi) is 6.90. The summed E-state index contributed by atoms with van der Waals surface area (Å²) in [6, 6.07) is 15.6. The maximum Gasteiger partial charge on any atom is 0.254 e. The highest BCUT2D eigenvalue weighted by Gasteiger charge is 2.26. The normalized spacial score (nSPS) is 12.7. The molecular formula is C26H28N2O3S. The van der Waals surface area contributed by atoms with Gasteiger partial charge in [0.05, 0.1) is 19.1 Å². The predicted octanol–water partition coefficient (Wildman–Crippen LogP) is 5.06. The Hall–Kier alpha value is -3.12. The number of aryl methyl sites for hydroxylation is 2. The van der Waals surface area contributed by atoms with Gasteiger partial charge in [-0.15, -0.1) is 11.3 Å². The van der Waals surface area contributed by atoms with Crippen LogP contribution in [-0.2, 0) is 30.6 Å². The fourth-order valence-corrected chi connectivity index (χ4v) is 5.45. The summed E-state index contributed by atoms with van der Waals surface area (Å²) in [4.78, 5) is 27.3. The fraction of sp³-hybridized carbons (Fsp3) is 0.308. The second-order valence-corrected chi connectivity index (χ2v) is 9.23. The Morgan fingerprint density at radius 3 is 2.62 bits per heavy atom. The molecule has 1 aliphatic rings. The molecule has 0 spiro atoms. The van der Waals surface area contributed by atoms with Crippen LogP contribution in [-0.4, -0.2) is 18.9 Å². The molecule has 32 heavy (non-hydrogen) atoms. The molecule has 0 atom stereocenters. The third-order valence-electron chi connectivity index (χ3n) is 5.73. The number of benzene rings is 2. The maximum atomic E-state index is 13.2. The fourth-order valence-electron chi connectivity index (χ4n) is 4.15. The number of hydrogen-bond donors (Lipinski definition) is 2. The maximum absolute atomic E-state index is 13.2. The van der Waals surface area contributed by atoms with E-state index in [9.17, 15) is 9.59 Å². The smallest absolute Gasteiger partial charge is 0.254 e. The number of carbonyl (C=O) groups is 2. The summed E-state index contributed by atoms with van der Waals surface area (Å²) in [6.07, 6.45) is 4.21. The number of thiophene rings is 1. The lowest BCUT2D eigenvalue weighted by molar-refractivity contribution is -0.115. The molecule has 4 rings (SSSR count). The largest absolute Gasteiger partial charge is 0.496 e. The molecule has 0 aliphatic heterocycles. The van der Waals surface area contributed by atoms with Crippen molar-refractivity contribution in [1.82, 2.24) is 5.32 Å². The monoisotopic (exact) mass is 448 g/mol. The van der Waals surface area contributed by atoms with Crippen molar-refractivity contribution in [3.8, 4) is 5.75 Å². The van der Waals surface area contributed by atoms with Crippen molar-refractivity contribution >= 4 is 28.2 Å². The van der Waals surface area contributed by atoms with Gasteiger partial charge >= 0.3 is 0 Å². The van der Waals surface area contributed by atoms with Crippen LogP contribution in [0, 0.1) is 6.92 Å². The first-order chi connectivity index (χ1) is 15.5. The molecule has 0 bridgehead atoms. The van der Waals surface area contributed by atoms with E-state index in [0.717, 1.165) is 47.9 Å². The Morgan fingerprint density at radius 1 is 1.06 bits per heavy atom. The number of fused-ring (bicyclic) bond motifs is 1. The molecule has 5 nitrogen and oxygen atoms in total. The van der Waals surface area contributed by atoms with E-state index in [-0.39, 0.29) is 18.2 Å². The molecule has 0 unspecified atom stereocenters. The molecule has 6 heteroatoms. The van der Waals surface area contributed by atoms with Gasteiger partial charge in [-0.05, 0) is 49.8 Å². The zero-order chi connectivity index (χ0) is 22.5. The van der Waals surface area contributed by atoms with Crippen LogP contribution in [0.3, 0.4) is 0 Å². The summed E-state index contributed by atoms with van der Waals surface area (Å²) in [6.45, 7) is 2.45. The Balaban J connectivity index is 1.54. The molecule has 2 N–H and O–H groups in total. The quantitative estimate of drug-likeness (QED) is 0.531. The van der Waals surface area contributed by atoms with Gasteiger partial charge in [0.2, 0.25) is 5.91 Å². The molecule has 1 aliphatic carbocycles. The molecular weight excluding hydrogens is 420 g/mol. The molecule has 1 aromatic heterocycles. The zero-order valence-electron chi connectivity index (χ0n) is 18.5.